The second kappa shape index (κ2) is 8.08. The van der Waals surface area contributed by atoms with Crippen LogP contribution in [0, 0.1) is 6.92 Å². The Balaban J connectivity index is 1.71. The number of aromatic nitrogens is 3. The molecule has 1 amide bonds. The molecule has 0 fully saturated rings. The summed E-state index contributed by atoms with van der Waals surface area (Å²) in [4.78, 5) is 24.5. The number of hydrogen-bond acceptors (Lipinski definition) is 5. The summed E-state index contributed by atoms with van der Waals surface area (Å²) in [7, 11) is 0. The highest BCUT2D eigenvalue weighted by molar-refractivity contribution is 5.93. The van der Waals surface area contributed by atoms with Crippen LogP contribution in [0.4, 0.5) is 0 Å². The second-order valence-corrected chi connectivity index (χ2v) is 6.68. The molecule has 1 aromatic carbocycles. The van der Waals surface area contributed by atoms with Gasteiger partial charge >= 0.3 is 5.97 Å². The van der Waals surface area contributed by atoms with Gasteiger partial charge in [-0.1, -0.05) is 42.4 Å². The second-order valence-electron chi connectivity index (χ2n) is 6.68. The van der Waals surface area contributed by atoms with E-state index in [1.807, 2.05) is 19.2 Å². The summed E-state index contributed by atoms with van der Waals surface area (Å²) >= 11 is 0. The van der Waals surface area contributed by atoms with Crippen molar-refractivity contribution in [3.8, 4) is 0 Å². The number of aryl methyl sites for hydroxylation is 1. The van der Waals surface area contributed by atoms with Crippen LogP contribution in [0.25, 0.3) is 0 Å². The van der Waals surface area contributed by atoms with Crippen LogP contribution in [0.1, 0.15) is 40.7 Å². The summed E-state index contributed by atoms with van der Waals surface area (Å²) in [5, 5.41) is 20.5. The van der Waals surface area contributed by atoms with Crippen molar-refractivity contribution in [2.75, 3.05) is 6.54 Å². The average molecular weight is 382 g/mol. The van der Waals surface area contributed by atoms with Crippen molar-refractivity contribution in [3.63, 3.8) is 0 Å². The number of benzene rings is 1. The van der Waals surface area contributed by atoms with Gasteiger partial charge in [-0.2, -0.15) is 5.10 Å². The van der Waals surface area contributed by atoms with E-state index in [1.165, 1.54) is 6.07 Å². The topological polar surface area (TPSA) is 110 Å². The molecule has 8 heteroatoms. The molecule has 0 radical (unpaired) electrons. The van der Waals surface area contributed by atoms with E-state index in [4.69, 9.17) is 4.52 Å². The molecule has 0 saturated heterocycles. The Kier molecular flexibility index (Phi) is 5.58. The molecule has 146 valence electrons. The zero-order valence-corrected chi connectivity index (χ0v) is 15.8. The largest absolute Gasteiger partial charge is 0.481 e. The lowest BCUT2D eigenvalue weighted by Crippen LogP contribution is -2.46. The van der Waals surface area contributed by atoms with Gasteiger partial charge in [0.25, 0.3) is 5.91 Å². The number of carbonyl (C=O) groups is 2. The highest BCUT2D eigenvalue weighted by atomic mass is 16.5. The minimum atomic E-state index is -1.21. The van der Waals surface area contributed by atoms with Crippen LogP contribution < -0.4 is 5.32 Å². The molecule has 0 aliphatic heterocycles. The predicted octanol–water partition coefficient (Wildman–Crippen LogP) is 2.39. The molecule has 2 aromatic heterocycles. The number of hydrogen-bond donors (Lipinski definition) is 2. The molecule has 2 N–H and O–H groups in total. The van der Waals surface area contributed by atoms with Crippen LogP contribution in [0.5, 0.6) is 0 Å². The molecule has 0 saturated carbocycles. The zero-order chi connectivity index (χ0) is 20.1. The number of carboxylic acid groups (broad SMARTS) is 1. The molecule has 3 aromatic rings. The lowest BCUT2D eigenvalue weighted by molar-refractivity contribution is -0.143. The third-order valence-corrected chi connectivity index (χ3v) is 4.76. The zero-order valence-electron chi connectivity index (χ0n) is 15.8. The van der Waals surface area contributed by atoms with Gasteiger partial charge in [-0.25, -0.2) is 0 Å². The number of carboxylic acids is 1. The first kappa shape index (κ1) is 19.3. The van der Waals surface area contributed by atoms with Crippen LogP contribution in [-0.2, 0) is 16.8 Å². The van der Waals surface area contributed by atoms with E-state index in [9.17, 15) is 14.7 Å². The normalized spacial score (nSPS) is 13.1. The molecule has 0 aliphatic rings. The van der Waals surface area contributed by atoms with Crippen molar-refractivity contribution in [1.82, 2.24) is 20.3 Å². The van der Waals surface area contributed by atoms with E-state index in [-0.39, 0.29) is 12.2 Å². The molecular weight excluding hydrogens is 360 g/mol. The lowest BCUT2D eigenvalue weighted by Gasteiger charge is -2.28. The third-order valence-electron chi connectivity index (χ3n) is 4.76. The first-order chi connectivity index (χ1) is 13.4. The van der Waals surface area contributed by atoms with Crippen molar-refractivity contribution in [2.24, 2.45) is 0 Å². The van der Waals surface area contributed by atoms with Crippen LogP contribution in [-0.4, -0.2) is 38.5 Å². The molecule has 8 nitrogen and oxygen atoms in total. The van der Waals surface area contributed by atoms with Crippen molar-refractivity contribution in [1.29, 1.82) is 0 Å². The molecule has 0 spiro atoms. The minimum absolute atomic E-state index is 0.0533. The fourth-order valence-electron chi connectivity index (χ4n) is 3.07. The van der Waals surface area contributed by atoms with Gasteiger partial charge in [0.15, 0.2) is 11.5 Å². The number of carbonyl (C=O) groups excluding carboxylic acids is 1. The summed E-state index contributed by atoms with van der Waals surface area (Å²) in [5.41, 5.74) is 0.543. The van der Waals surface area contributed by atoms with Gasteiger partial charge in [0.1, 0.15) is 12.0 Å². The van der Waals surface area contributed by atoms with Gasteiger partial charge in [0.2, 0.25) is 0 Å². The fraction of sp³-hybridized carbons (Fsp3) is 0.300. The Labute approximate surface area is 162 Å². The highest BCUT2D eigenvalue weighted by Gasteiger charge is 2.39. The van der Waals surface area contributed by atoms with Gasteiger partial charge in [0.05, 0.1) is 6.20 Å². The maximum Gasteiger partial charge on any atom is 0.315 e. The Morgan fingerprint density at radius 2 is 2.04 bits per heavy atom. The van der Waals surface area contributed by atoms with Crippen molar-refractivity contribution in [2.45, 2.75) is 32.2 Å². The molecule has 1 atom stereocenters. The number of amides is 1. The first-order valence-electron chi connectivity index (χ1n) is 8.96. The summed E-state index contributed by atoms with van der Waals surface area (Å²) in [6.45, 7) is 4.01. The third kappa shape index (κ3) is 3.95. The lowest BCUT2D eigenvalue weighted by atomic mass is 9.78. The van der Waals surface area contributed by atoms with Gasteiger partial charge in [-0.3, -0.25) is 14.3 Å². The van der Waals surface area contributed by atoms with Crippen LogP contribution in [0.15, 0.2) is 53.3 Å². The molecular formula is C20H22N4O4. The van der Waals surface area contributed by atoms with E-state index < -0.39 is 17.3 Å². The van der Waals surface area contributed by atoms with E-state index >= 15 is 0 Å². The quantitative estimate of drug-likeness (QED) is 0.619. The Morgan fingerprint density at radius 3 is 2.64 bits per heavy atom. The number of nitrogens with zero attached hydrogens (tertiary/aromatic N) is 3. The van der Waals surface area contributed by atoms with Gasteiger partial charge in [-0.05, 0) is 24.5 Å². The Bertz CT molecular complexity index is 964. The molecule has 1 unspecified atom stereocenters. The van der Waals surface area contributed by atoms with Gasteiger partial charge < -0.3 is 14.9 Å². The molecule has 28 heavy (non-hydrogen) atoms. The fourth-order valence-corrected chi connectivity index (χ4v) is 3.07. The Hall–Kier alpha value is -3.42. The standard InChI is InChI=1S/C20H22N4O4/c1-3-20(19(26)27,15-7-5-4-6-8-15)13-21-18(25)17-9-16(28-23-17)12-24-11-14(2)10-22-24/h4-11H,3,12-13H2,1-2H3,(H,21,25)(H,26,27). The smallest absolute Gasteiger partial charge is 0.315 e. The molecule has 2 heterocycles. The molecule has 0 aliphatic carbocycles. The van der Waals surface area contributed by atoms with E-state index in [2.05, 4.69) is 15.6 Å². The summed E-state index contributed by atoms with van der Waals surface area (Å²) in [6, 6.07) is 10.4. The van der Waals surface area contributed by atoms with Crippen molar-refractivity contribution < 1.29 is 19.2 Å². The molecule has 3 rings (SSSR count). The summed E-state index contributed by atoms with van der Waals surface area (Å²) in [5.74, 6) is -0.991. The number of aliphatic carboxylic acids is 1. The molecule has 0 bridgehead atoms. The number of rotatable bonds is 8. The van der Waals surface area contributed by atoms with Crippen LogP contribution in [0.2, 0.25) is 0 Å². The van der Waals surface area contributed by atoms with E-state index in [0.717, 1.165) is 5.56 Å². The highest BCUT2D eigenvalue weighted by Crippen LogP contribution is 2.28. The summed E-state index contributed by atoms with van der Waals surface area (Å²) < 4.78 is 6.88. The average Bonchev–Trinajstić information content (AvgIpc) is 3.32. The van der Waals surface area contributed by atoms with Crippen LogP contribution in [0.3, 0.4) is 0 Å². The van der Waals surface area contributed by atoms with E-state index in [1.54, 1.807) is 42.1 Å². The SMILES string of the molecule is CCC(CNC(=O)c1cc(Cn2cc(C)cn2)on1)(C(=O)O)c1ccccc1. The predicted molar refractivity (Wildman–Crippen MR) is 101 cm³/mol. The van der Waals surface area contributed by atoms with Gasteiger partial charge in [-0.15, -0.1) is 0 Å². The van der Waals surface area contributed by atoms with Crippen LogP contribution >= 0.6 is 0 Å². The number of nitrogens with one attached hydrogen (secondary N) is 1. The van der Waals surface area contributed by atoms with Crippen molar-refractivity contribution in [3.05, 3.63) is 71.4 Å². The monoisotopic (exact) mass is 382 g/mol. The summed E-state index contributed by atoms with van der Waals surface area (Å²) in [6.07, 6.45) is 3.91. The van der Waals surface area contributed by atoms with Gasteiger partial charge in [0, 0.05) is 18.8 Å². The maximum absolute atomic E-state index is 12.5. The van der Waals surface area contributed by atoms with E-state index in [0.29, 0.717) is 24.3 Å². The van der Waals surface area contributed by atoms with Crippen molar-refractivity contribution >= 4 is 11.9 Å². The first-order valence-corrected chi connectivity index (χ1v) is 8.96. The Morgan fingerprint density at radius 1 is 1.29 bits per heavy atom. The maximum atomic E-state index is 12.5. The minimum Gasteiger partial charge on any atom is -0.481 e.